The fourth-order valence-electron chi connectivity index (χ4n) is 0.347. The second-order valence-electron chi connectivity index (χ2n) is 2.32. The average Bonchev–Trinajstić information content (AvgIpc) is 2.03. The van der Waals surface area contributed by atoms with Gasteiger partial charge in [0.1, 0.15) is 9.65 Å². The molecule has 0 spiro atoms. The predicted octanol–water partition coefficient (Wildman–Crippen LogP) is 0.463. The summed E-state index contributed by atoms with van der Waals surface area (Å²) in [5.74, 6) is -1.63. The van der Waals surface area contributed by atoms with Gasteiger partial charge in [-0.2, -0.15) is 0 Å². The third-order valence-electron chi connectivity index (χ3n) is 1.02. The van der Waals surface area contributed by atoms with Gasteiger partial charge in [-0.1, -0.05) is 31.9 Å². The van der Waals surface area contributed by atoms with Gasteiger partial charge in [0.15, 0.2) is 0 Å². The Kier molecular flexibility index (Phi) is 19.2. The molecule has 0 aliphatic heterocycles. The van der Waals surface area contributed by atoms with Crippen molar-refractivity contribution in [2.75, 3.05) is 0 Å². The van der Waals surface area contributed by atoms with Crippen LogP contribution in [0.25, 0.3) is 0 Å². The molecule has 0 amide bonds. The van der Waals surface area contributed by atoms with Crippen molar-refractivity contribution in [3.63, 3.8) is 0 Å². The molecule has 84 valence electrons. The van der Waals surface area contributed by atoms with E-state index in [1.165, 1.54) is 13.8 Å². The number of hydrogen-bond acceptors (Lipinski definition) is 5. The zero-order valence-corrected chi connectivity index (χ0v) is 10.6. The molecular formula is C7H10Br2K2O5. The molecule has 5 nitrogen and oxygen atoms in total. The van der Waals surface area contributed by atoms with E-state index >= 15 is 0 Å². The van der Waals surface area contributed by atoms with Crippen molar-refractivity contribution in [2.45, 2.75) is 23.5 Å². The zero-order valence-electron chi connectivity index (χ0n) is 7.45. The van der Waals surface area contributed by atoms with Crippen molar-refractivity contribution in [2.24, 2.45) is 0 Å². The molecule has 0 saturated carbocycles. The topological polar surface area (TPSA) is 69.7 Å². The van der Waals surface area contributed by atoms with E-state index < -0.39 is 27.7 Å². The summed E-state index contributed by atoms with van der Waals surface area (Å²) < 4.78 is 8.29. The summed E-state index contributed by atoms with van der Waals surface area (Å²) >= 11 is 5.77. The van der Waals surface area contributed by atoms with Crippen LogP contribution >= 0.6 is 31.9 Å². The van der Waals surface area contributed by atoms with E-state index in [0.29, 0.717) is 0 Å². The van der Waals surface area contributed by atoms with Crippen molar-refractivity contribution >= 4 is 153 Å². The van der Waals surface area contributed by atoms with E-state index in [0.717, 1.165) is 0 Å². The van der Waals surface area contributed by atoms with Crippen molar-refractivity contribution in [1.82, 2.24) is 0 Å². The van der Waals surface area contributed by atoms with Crippen molar-refractivity contribution in [1.29, 1.82) is 0 Å². The molecule has 0 radical (unpaired) electrons. The van der Waals surface area contributed by atoms with Crippen LogP contribution in [0.4, 0.5) is 4.79 Å². The molecule has 0 N–H and O–H groups in total. The van der Waals surface area contributed by atoms with Crippen LogP contribution in [0.2, 0.25) is 0 Å². The summed E-state index contributed by atoms with van der Waals surface area (Å²) in [7, 11) is 0. The molecule has 0 rings (SSSR count). The Labute approximate surface area is 195 Å². The van der Waals surface area contributed by atoms with Gasteiger partial charge in [-0.25, -0.2) is 4.79 Å². The number of esters is 2. The molecule has 0 bridgehead atoms. The number of rotatable bonds is 2. The maximum absolute atomic E-state index is 10.8. The summed E-state index contributed by atoms with van der Waals surface area (Å²) in [6, 6.07) is 0. The van der Waals surface area contributed by atoms with Crippen LogP contribution in [0.15, 0.2) is 0 Å². The zero-order chi connectivity index (χ0) is 11.3. The van der Waals surface area contributed by atoms with E-state index in [2.05, 4.69) is 41.3 Å². The summed E-state index contributed by atoms with van der Waals surface area (Å²) in [4.78, 5) is 31.1. The quantitative estimate of drug-likeness (QED) is 0.286. The van der Waals surface area contributed by atoms with Crippen LogP contribution in [-0.4, -0.2) is 131 Å². The Bertz CT molecular complexity index is 233. The van der Waals surface area contributed by atoms with Gasteiger partial charge in [0, 0.05) is 0 Å². The molecular weight excluding hydrogens is 402 g/mol. The van der Waals surface area contributed by atoms with E-state index in [4.69, 9.17) is 0 Å². The van der Waals surface area contributed by atoms with Crippen molar-refractivity contribution < 1.29 is 23.9 Å². The molecule has 2 unspecified atom stereocenters. The molecule has 0 aliphatic rings. The van der Waals surface area contributed by atoms with Gasteiger partial charge in [0.05, 0.1) is 0 Å². The molecule has 0 aromatic carbocycles. The summed E-state index contributed by atoms with van der Waals surface area (Å²) in [5.41, 5.74) is 0. The number of alkyl halides is 2. The van der Waals surface area contributed by atoms with E-state index in [9.17, 15) is 14.4 Å². The van der Waals surface area contributed by atoms with Crippen LogP contribution in [-0.2, 0) is 19.1 Å². The summed E-state index contributed by atoms with van der Waals surface area (Å²) in [6.07, 6.45) is -1.32. The Balaban J connectivity index is -0.000000845. The monoisotopic (exact) mass is 410 g/mol. The van der Waals surface area contributed by atoms with E-state index in [1.807, 2.05) is 0 Å². The second kappa shape index (κ2) is 12.9. The van der Waals surface area contributed by atoms with Gasteiger partial charge in [-0.05, 0) is 13.8 Å². The standard InChI is InChI=1S/C7H8Br2O5.2K.2H/c1-3(8)5(10)13-7(12)14-6(11)4(2)9;;;;/h3-4H,1-2H3;;;;. The van der Waals surface area contributed by atoms with E-state index in [-0.39, 0.29) is 103 Å². The summed E-state index contributed by atoms with van der Waals surface area (Å²) in [6.45, 7) is 2.95. The fraction of sp³-hybridized carbons (Fsp3) is 0.571. The van der Waals surface area contributed by atoms with Crippen LogP contribution in [0, 0.1) is 0 Å². The van der Waals surface area contributed by atoms with Gasteiger partial charge in [0.25, 0.3) is 0 Å². The Morgan fingerprint density at radius 1 is 0.875 bits per heavy atom. The molecule has 0 aromatic rings. The molecule has 0 fully saturated rings. The first kappa shape index (κ1) is 23.9. The number of carbonyl (C=O) groups excluding carboxylic acids is 3. The maximum atomic E-state index is 10.8. The first-order valence-electron chi connectivity index (χ1n) is 3.60. The summed E-state index contributed by atoms with van der Waals surface area (Å²) in [5, 5.41) is 0. The number of hydrogen-bond donors (Lipinski definition) is 0. The predicted molar refractivity (Wildman–Crippen MR) is 68.7 cm³/mol. The Morgan fingerprint density at radius 2 is 1.12 bits per heavy atom. The van der Waals surface area contributed by atoms with Crippen molar-refractivity contribution in [3.05, 3.63) is 0 Å². The first-order valence-corrected chi connectivity index (χ1v) is 5.43. The molecule has 9 heteroatoms. The third-order valence-corrected chi connectivity index (χ3v) is 1.77. The van der Waals surface area contributed by atoms with Gasteiger partial charge >= 0.3 is 121 Å². The molecule has 16 heavy (non-hydrogen) atoms. The molecule has 0 aromatic heterocycles. The minimum absolute atomic E-state index is 0. The van der Waals surface area contributed by atoms with E-state index in [1.54, 1.807) is 0 Å². The Hall–Kier alpha value is 2.84. The minimum atomic E-state index is -1.32. The van der Waals surface area contributed by atoms with Gasteiger partial charge in [0.2, 0.25) is 0 Å². The van der Waals surface area contributed by atoms with Gasteiger partial charge in [-0.15, -0.1) is 0 Å². The van der Waals surface area contributed by atoms with Crippen LogP contribution in [0.5, 0.6) is 0 Å². The SMILES string of the molecule is CC(Br)C(=O)OC(=O)OC(=O)C(C)Br.[KH].[KH]. The van der Waals surface area contributed by atoms with Crippen LogP contribution in [0.3, 0.4) is 0 Å². The Morgan fingerprint density at radius 3 is 1.31 bits per heavy atom. The second-order valence-corrected chi connectivity index (χ2v) is 5.07. The molecule has 0 heterocycles. The molecule has 0 saturated heterocycles. The van der Waals surface area contributed by atoms with Crippen molar-refractivity contribution in [3.8, 4) is 0 Å². The van der Waals surface area contributed by atoms with Crippen LogP contribution < -0.4 is 0 Å². The van der Waals surface area contributed by atoms with Crippen LogP contribution in [0.1, 0.15) is 13.8 Å². The number of ether oxygens (including phenoxy) is 2. The number of carbonyl (C=O) groups is 3. The first-order chi connectivity index (χ1) is 6.34. The third kappa shape index (κ3) is 11.9. The molecule has 0 aliphatic carbocycles. The van der Waals surface area contributed by atoms with Gasteiger partial charge in [-0.3, -0.25) is 9.59 Å². The number of halogens is 2. The normalized spacial score (nSPS) is 12.2. The fourth-order valence-corrected chi connectivity index (χ4v) is 0.534. The molecule has 2 atom stereocenters. The van der Waals surface area contributed by atoms with Gasteiger partial charge < -0.3 is 9.47 Å². The average molecular weight is 412 g/mol.